The molecule has 2 aliphatic heterocycles. The summed E-state index contributed by atoms with van der Waals surface area (Å²) in [6.07, 6.45) is 4.46. The fraction of sp³-hybridized carbons (Fsp3) is 0.636. The average Bonchev–Trinajstić information content (AvgIpc) is 2.74. The van der Waals surface area contributed by atoms with Gasteiger partial charge in [0.15, 0.2) is 0 Å². The van der Waals surface area contributed by atoms with E-state index in [1.807, 2.05) is 9.80 Å². The van der Waals surface area contributed by atoms with Gasteiger partial charge in [0, 0.05) is 45.2 Å². The van der Waals surface area contributed by atoms with Gasteiger partial charge in [-0.2, -0.15) is 0 Å². The third kappa shape index (κ3) is 6.25. The maximum absolute atomic E-state index is 12.6. The van der Waals surface area contributed by atoms with Crippen molar-refractivity contribution in [2.75, 3.05) is 45.9 Å². The average molecular weight is 456 g/mol. The molecule has 0 aromatic heterocycles. The molecule has 1 aromatic rings. The Hall–Kier alpha value is -1.50. The van der Waals surface area contributed by atoms with Crippen molar-refractivity contribution in [1.29, 1.82) is 0 Å². The van der Waals surface area contributed by atoms with Crippen LogP contribution >= 0.6 is 23.2 Å². The number of carbonyl (C=O) groups excluding carboxylic acids is 2. The highest BCUT2D eigenvalue weighted by molar-refractivity contribution is 6.42. The summed E-state index contributed by atoms with van der Waals surface area (Å²) in [6.45, 7) is 6.71. The Bertz CT molecular complexity index is 738. The smallest absolute Gasteiger partial charge is 0.236 e. The number of halogens is 2. The number of ether oxygens (including phenoxy) is 1. The zero-order valence-electron chi connectivity index (χ0n) is 17.6. The number of likely N-dealkylation sites (tertiary alicyclic amines) is 1. The first kappa shape index (κ1) is 23.2. The minimum Gasteiger partial charge on any atom is -0.492 e. The van der Waals surface area contributed by atoms with Crippen molar-refractivity contribution in [2.45, 2.75) is 45.1 Å². The second-order valence-corrected chi connectivity index (χ2v) is 8.88. The van der Waals surface area contributed by atoms with Gasteiger partial charge >= 0.3 is 0 Å². The lowest BCUT2D eigenvalue weighted by atomic mass is 10.0. The van der Waals surface area contributed by atoms with Crippen molar-refractivity contribution in [3.8, 4) is 5.75 Å². The van der Waals surface area contributed by atoms with Crippen molar-refractivity contribution in [3.63, 3.8) is 0 Å². The van der Waals surface area contributed by atoms with Crippen molar-refractivity contribution in [1.82, 2.24) is 14.7 Å². The van der Waals surface area contributed by atoms with Crippen LogP contribution in [0.2, 0.25) is 10.0 Å². The van der Waals surface area contributed by atoms with E-state index in [1.165, 1.54) is 6.42 Å². The molecule has 0 aliphatic carbocycles. The monoisotopic (exact) mass is 455 g/mol. The normalized spacial score (nSPS) is 20.3. The van der Waals surface area contributed by atoms with E-state index in [-0.39, 0.29) is 11.8 Å². The molecule has 2 amide bonds. The summed E-state index contributed by atoms with van der Waals surface area (Å²) in [5.74, 6) is 0.892. The summed E-state index contributed by atoms with van der Waals surface area (Å²) in [6, 6.07) is 5.60. The van der Waals surface area contributed by atoms with Crippen LogP contribution in [0.3, 0.4) is 0 Å². The third-order valence-electron chi connectivity index (χ3n) is 5.92. The molecule has 1 atom stereocenters. The number of nitrogens with zero attached hydrogens (tertiary/aromatic N) is 3. The first-order chi connectivity index (χ1) is 14.5. The molecular formula is C22H31Cl2N3O3. The molecule has 3 rings (SSSR count). The Labute approximate surface area is 189 Å². The van der Waals surface area contributed by atoms with Crippen LogP contribution in [0.25, 0.3) is 0 Å². The molecule has 2 heterocycles. The summed E-state index contributed by atoms with van der Waals surface area (Å²) in [5, 5.41) is 0.853. The molecule has 2 saturated heterocycles. The van der Waals surface area contributed by atoms with E-state index in [2.05, 4.69) is 11.8 Å². The molecule has 2 aliphatic rings. The zero-order chi connectivity index (χ0) is 21.5. The van der Waals surface area contributed by atoms with Gasteiger partial charge in [-0.1, -0.05) is 29.3 Å². The van der Waals surface area contributed by atoms with E-state index in [9.17, 15) is 9.59 Å². The first-order valence-electron chi connectivity index (χ1n) is 10.8. The first-order valence-corrected chi connectivity index (χ1v) is 11.6. The van der Waals surface area contributed by atoms with Crippen LogP contribution in [-0.4, -0.2) is 78.4 Å². The van der Waals surface area contributed by atoms with Crippen LogP contribution in [-0.2, 0) is 9.59 Å². The number of benzene rings is 1. The quantitative estimate of drug-likeness (QED) is 0.588. The minimum atomic E-state index is 0.131. The highest BCUT2D eigenvalue weighted by Crippen LogP contribution is 2.31. The number of piperidine rings is 1. The molecular weight excluding hydrogens is 425 g/mol. The van der Waals surface area contributed by atoms with Crippen molar-refractivity contribution in [2.24, 2.45) is 0 Å². The van der Waals surface area contributed by atoms with Crippen LogP contribution in [0.15, 0.2) is 18.2 Å². The molecule has 0 spiro atoms. The minimum absolute atomic E-state index is 0.131. The largest absolute Gasteiger partial charge is 0.492 e. The Morgan fingerprint density at radius 3 is 2.57 bits per heavy atom. The van der Waals surface area contributed by atoms with Gasteiger partial charge in [-0.25, -0.2) is 0 Å². The van der Waals surface area contributed by atoms with E-state index in [0.29, 0.717) is 60.9 Å². The van der Waals surface area contributed by atoms with E-state index >= 15 is 0 Å². The van der Waals surface area contributed by atoms with E-state index < -0.39 is 0 Å². The Morgan fingerprint density at radius 2 is 1.83 bits per heavy atom. The highest BCUT2D eigenvalue weighted by Gasteiger charge is 2.27. The molecule has 0 radical (unpaired) electrons. The highest BCUT2D eigenvalue weighted by atomic mass is 35.5. The molecule has 166 valence electrons. The number of carbonyl (C=O) groups is 2. The third-order valence-corrected chi connectivity index (χ3v) is 6.72. The number of rotatable bonds is 7. The Morgan fingerprint density at radius 1 is 1.07 bits per heavy atom. The summed E-state index contributed by atoms with van der Waals surface area (Å²) >= 11 is 12.1. The summed E-state index contributed by atoms with van der Waals surface area (Å²) in [4.78, 5) is 31.2. The fourth-order valence-corrected chi connectivity index (χ4v) is 4.41. The lowest BCUT2D eigenvalue weighted by molar-refractivity contribution is -0.137. The van der Waals surface area contributed by atoms with E-state index in [4.69, 9.17) is 27.9 Å². The van der Waals surface area contributed by atoms with Crippen LogP contribution in [0, 0.1) is 0 Å². The maximum Gasteiger partial charge on any atom is 0.236 e. The molecule has 1 unspecified atom stereocenters. The molecule has 0 saturated carbocycles. The molecule has 0 bridgehead atoms. The van der Waals surface area contributed by atoms with Gasteiger partial charge in [0.1, 0.15) is 10.8 Å². The predicted molar refractivity (Wildman–Crippen MR) is 119 cm³/mol. The van der Waals surface area contributed by atoms with Crippen molar-refractivity contribution < 1.29 is 14.3 Å². The van der Waals surface area contributed by atoms with E-state index in [1.54, 1.807) is 18.2 Å². The summed E-state index contributed by atoms with van der Waals surface area (Å²) in [5.41, 5.74) is 0. The maximum atomic E-state index is 12.6. The second-order valence-electron chi connectivity index (χ2n) is 8.09. The van der Waals surface area contributed by atoms with Crippen LogP contribution in [0.5, 0.6) is 5.75 Å². The summed E-state index contributed by atoms with van der Waals surface area (Å²) in [7, 11) is 0. The molecule has 30 heavy (non-hydrogen) atoms. The van der Waals surface area contributed by atoms with E-state index in [0.717, 1.165) is 32.5 Å². The summed E-state index contributed by atoms with van der Waals surface area (Å²) < 4.78 is 5.64. The van der Waals surface area contributed by atoms with Crippen LogP contribution in [0.1, 0.15) is 39.0 Å². The van der Waals surface area contributed by atoms with Gasteiger partial charge in [0.05, 0.1) is 18.2 Å². The number of hydrogen-bond acceptors (Lipinski definition) is 4. The predicted octanol–water partition coefficient (Wildman–Crippen LogP) is 3.70. The molecule has 2 fully saturated rings. The second kappa shape index (κ2) is 11.2. The fourth-order valence-electron chi connectivity index (χ4n) is 4.07. The van der Waals surface area contributed by atoms with Crippen molar-refractivity contribution >= 4 is 35.0 Å². The molecule has 1 aromatic carbocycles. The standard InChI is InChI=1S/C22H31Cl2N3O3/c1-17-6-2-3-10-27(17)21(29)16-25-11-13-26(14-12-25)20(28)9-5-15-30-19-8-4-7-18(23)22(19)24/h4,7-8,17H,2-3,5-6,9-16H2,1H3. The zero-order valence-corrected chi connectivity index (χ0v) is 19.1. The topological polar surface area (TPSA) is 53.1 Å². The SMILES string of the molecule is CC1CCCCN1C(=O)CN1CCN(C(=O)CCCOc2cccc(Cl)c2Cl)CC1. The number of hydrogen-bond donors (Lipinski definition) is 0. The van der Waals surface area contributed by atoms with Gasteiger partial charge in [-0.05, 0) is 44.7 Å². The number of piperazine rings is 1. The Balaban J connectivity index is 1.34. The van der Waals surface area contributed by atoms with Gasteiger partial charge in [-0.3, -0.25) is 14.5 Å². The molecule has 6 nitrogen and oxygen atoms in total. The lowest BCUT2D eigenvalue weighted by Gasteiger charge is -2.38. The molecule has 8 heteroatoms. The van der Waals surface area contributed by atoms with Crippen LogP contribution in [0.4, 0.5) is 0 Å². The van der Waals surface area contributed by atoms with Gasteiger partial charge in [-0.15, -0.1) is 0 Å². The van der Waals surface area contributed by atoms with Crippen molar-refractivity contribution in [3.05, 3.63) is 28.2 Å². The lowest BCUT2D eigenvalue weighted by Crippen LogP contribution is -2.53. The van der Waals surface area contributed by atoms with Crippen LogP contribution < -0.4 is 4.74 Å². The van der Waals surface area contributed by atoms with Gasteiger partial charge in [0.25, 0.3) is 0 Å². The number of amides is 2. The van der Waals surface area contributed by atoms with Gasteiger partial charge in [0.2, 0.25) is 11.8 Å². The Kier molecular flexibility index (Phi) is 8.66. The van der Waals surface area contributed by atoms with Gasteiger partial charge < -0.3 is 14.5 Å². The molecule has 0 N–H and O–H groups in total.